The van der Waals surface area contributed by atoms with E-state index < -0.39 is 10.0 Å². The molecule has 1 aliphatic carbocycles. The van der Waals surface area contributed by atoms with Gasteiger partial charge in [0.2, 0.25) is 10.0 Å². The molecule has 0 radical (unpaired) electrons. The number of benzene rings is 1. The molecule has 0 aromatic heterocycles. The van der Waals surface area contributed by atoms with Gasteiger partial charge in [-0.3, -0.25) is 0 Å². The number of sulfonamides is 1. The third-order valence-electron chi connectivity index (χ3n) is 3.71. The Hall–Kier alpha value is -1.33. The average molecular weight is 294 g/mol. The zero-order valence-electron chi connectivity index (χ0n) is 12.1. The van der Waals surface area contributed by atoms with Crippen LogP contribution >= 0.6 is 0 Å². The molecule has 1 aromatic carbocycles. The van der Waals surface area contributed by atoms with Gasteiger partial charge in [-0.25, -0.2) is 13.1 Å². The lowest BCUT2D eigenvalue weighted by molar-refractivity contribution is 0.580. The highest BCUT2D eigenvalue weighted by atomic mass is 32.2. The summed E-state index contributed by atoms with van der Waals surface area (Å²) in [5.74, 6) is 0. The fraction of sp³-hybridized carbons (Fsp3) is 0.467. The molecule has 0 heterocycles. The summed E-state index contributed by atoms with van der Waals surface area (Å²) in [6.07, 6.45) is 6.41. The smallest absolute Gasteiger partial charge is 0.240 e. The second-order valence-electron chi connectivity index (χ2n) is 5.38. The van der Waals surface area contributed by atoms with Crippen molar-refractivity contribution in [2.75, 3.05) is 12.3 Å². The molecule has 5 heteroatoms. The fourth-order valence-electron chi connectivity index (χ4n) is 2.52. The standard InChI is InChI=1S/C15H22N2O2S/c1-11-9-14(16)12(2)15(10-11)20(18,19)17-8-7-13-5-3-4-6-13/h5,9-10,17H,3-4,6-8,16H2,1-2H3. The van der Waals surface area contributed by atoms with Crippen molar-refractivity contribution < 1.29 is 8.42 Å². The van der Waals surface area contributed by atoms with E-state index in [-0.39, 0.29) is 4.90 Å². The zero-order chi connectivity index (χ0) is 14.8. The molecule has 0 fully saturated rings. The minimum Gasteiger partial charge on any atom is -0.398 e. The summed E-state index contributed by atoms with van der Waals surface area (Å²) < 4.78 is 27.4. The van der Waals surface area contributed by atoms with E-state index in [9.17, 15) is 8.42 Å². The molecule has 110 valence electrons. The van der Waals surface area contributed by atoms with Crippen molar-refractivity contribution in [3.63, 3.8) is 0 Å². The van der Waals surface area contributed by atoms with Crippen molar-refractivity contribution in [1.29, 1.82) is 0 Å². The summed E-state index contributed by atoms with van der Waals surface area (Å²) >= 11 is 0. The molecular weight excluding hydrogens is 272 g/mol. The average Bonchev–Trinajstić information content (AvgIpc) is 2.86. The Morgan fingerprint density at radius 1 is 1.30 bits per heavy atom. The Morgan fingerprint density at radius 3 is 2.70 bits per heavy atom. The van der Waals surface area contributed by atoms with Crippen molar-refractivity contribution in [2.45, 2.75) is 44.4 Å². The Kier molecular flexibility index (Phi) is 4.50. The lowest BCUT2D eigenvalue weighted by atomic mass is 10.1. The van der Waals surface area contributed by atoms with Crippen LogP contribution in [0.2, 0.25) is 0 Å². The van der Waals surface area contributed by atoms with E-state index in [2.05, 4.69) is 10.8 Å². The van der Waals surface area contributed by atoms with Crippen LogP contribution < -0.4 is 10.5 Å². The van der Waals surface area contributed by atoms with E-state index in [1.807, 2.05) is 6.92 Å². The third kappa shape index (κ3) is 3.41. The van der Waals surface area contributed by atoms with E-state index >= 15 is 0 Å². The molecular formula is C15H22N2O2S. The molecule has 4 nitrogen and oxygen atoms in total. The predicted molar refractivity (Wildman–Crippen MR) is 82.1 cm³/mol. The number of rotatable bonds is 5. The summed E-state index contributed by atoms with van der Waals surface area (Å²) in [6.45, 7) is 4.03. The van der Waals surface area contributed by atoms with Crippen LogP contribution in [0.5, 0.6) is 0 Å². The number of nitrogens with two attached hydrogens (primary N) is 1. The van der Waals surface area contributed by atoms with Crippen LogP contribution in [-0.2, 0) is 10.0 Å². The number of nitrogens with one attached hydrogen (secondary N) is 1. The Bertz CT molecular complexity index is 634. The SMILES string of the molecule is Cc1cc(N)c(C)c(S(=O)(=O)NCCC2=CCCC2)c1. The Balaban J connectivity index is 2.10. The maximum atomic E-state index is 12.3. The van der Waals surface area contributed by atoms with Gasteiger partial charge in [0.25, 0.3) is 0 Å². The van der Waals surface area contributed by atoms with Crippen LogP contribution in [0.4, 0.5) is 5.69 Å². The largest absolute Gasteiger partial charge is 0.398 e. The molecule has 0 amide bonds. The van der Waals surface area contributed by atoms with Gasteiger partial charge >= 0.3 is 0 Å². The molecule has 0 saturated heterocycles. The van der Waals surface area contributed by atoms with Crippen molar-refractivity contribution in [1.82, 2.24) is 4.72 Å². The van der Waals surface area contributed by atoms with Gasteiger partial charge < -0.3 is 5.73 Å². The highest BCUT2D eigenvalue weighted by Crippen LogP contribution is 2.23. The first-order valence-electron chi connectivity index (χ1n) is 6.94. The van der Waals surface area contributed by atoms with Gasteiger partial charge in [0.1, 0.15) is 0 Å². The monoisotopic (exact) mass is 294 g/mol. The second kappa shape index (κ2) is 5.97. The van der Waals surface area contributed by atoms with E-state index in [4.69, 9.17) is 5.73 Å². The molecule has 20 heavy (non-hydrogen) atoms. The first-order chi connectivity index (χ1) is 9.40. The van der Waals surface area contributed by atoms with Crippen LogP contribution in [0.15, 0.2) is 28.7 Å². The second-order valence-corrected chi connectivity index (χ2v) is 7.12. The van der Waals surface area contributed by atoms with Crippen molar-refractivity contribution >= 4 is 15.7 Å². The van der Waals surface area contributed by atoms with Crippen molar-refractivity contribution in [2.24, 2.45) is 0 Å². The zero-order valence-corrected chi connectivity index (χ0v) is 12.9. The molecule has 0 unspecified atom stereocenters. The molecule has 0 spiro atoms. The number of nitrogen functional groups attached to an aromatic ring is 1. The molecule has 1 aliphatic rings. The third-order valence-corrected chi connectivity index (χ3v) is 5.29. The maximum absolute atomic E-state index is 12.3. The van der Waals surface area contributed by atoms with Gasteiger partial charge in [-0.1, -0.05) is 11.6 Å². The first-order valence-corrected chi connectivity index (χ1v) is 8.43. The quantitative estimate of drug-likeness (QED) is 0.648. The topological polar surface area (TPSA) is 72.2 Å². The number of hydrogen-bond acceptors (Lipinski definition) is 3. The van der Waals surface area contributed by atoms with Crippen LogP contribution in [0.25, 0.3) is 0 Å². The van der Waals surface area contributed by atoms with Gasteiger partial charge in [0.05, 0.1) is 4.90 Å². The lowest BCUT2D eigenvalue weighted by Gasteiger charge is -2.12. The summed E-state index contributed by atoms with van der Waals surface area (Å²) in [4.78, 5) is 0.287. The molecule has 3 N–H and O–H groups in total. The van der Waals surface area contributed by atoms with Gasteiger partial charge in [-0.2, -0.15) is 0 Å². The highest BCUT2D eigenvalue weighted by molar-refractivity contribution is 7.89. The number of anilines is 1. The summed E-state index contributed by atoms with van der Waals surface area (Å²) in [7, 11) is -3.48. The van der Waals surface area contributed by atoms with E-state index in [1.165, 1.54) is 12.0 Å². The van der Waals surface area contributed by atoms with E-state index in [0.717, 1.165) is 24.8 Å². The Labute approximate surface area is 121 Å². The van der Waals surface area contributed by atoms with Crippen LogP contribution in [0.1, 0.15) is 36.8 Å². The molecule has 0 saturated carbocycles. The normalized spacial score (nSPS) is 15.4. The minimum atomic E-state index is -3.48. The predicted octanol–water partition coefficient (Wildman–Crippen LogP) is 2.66. The van der Waals surface area contributed by atoms with Gasteiger partial charge in [0, 0.05) is 12.2 Å². The number of hydrogen-bond donors (Lipinski definition) is 2. The van der Waals surface area contributed by atoms with E-state index in [0.29, 0.717) is 17.8 Å². The number of aryl methyl sites for hydroxylation is 1. The van der Waals surface area contributed by atoms with Crippen LogP contribution in [0.3, 0.4) is 0 Å². The summed E-state index contributed by atoms with van der Waals surface area (Å²) in [5, 5.41) is 0. The van der Waals surface area contributed by atoms with Crippen molar-refractivity contribution in [3.8, 4) is 0 Å². The van der Waals surface area contributed by atoms with E-state index in [1.54, 1.807) is 19.1 Å². The minimum absolute atomic E-state index is 0.287. The van der Waals surface area contributed by atoms with Gasteiger partial charge in [-0.15, -0.1) is 0 Å². The van der Waals surface area contributed by atoms with Gasteiger partial charge in [0.15, 0.2) is 0 Å². The van der Waals surface area contributed by atoms with Crippen LogP contribution in [0, 0.1) is 13.8 Å². The van der Waals surface area contributed by atoms with Crippen LogP contribution in [-0.4, -0.2) is 15.0 Å². The summed E-state index contributed by atoms with van der Waals surface area (Å²) in [6, 6.07) is 3.46. The molecule has 2 rings (SSSR count). The summed E-state index contributed by atoms with van der Waals surface area (Å²) in [5.41, 5.74) is 9.19. The molecule has 0 aliphatic heterocycles. The molecule has 0 bridgehead atoms. The first kappa shape index (κ1) is 15.1. The molecule has 0 atom stereocenters. The van der Waals surface area contributed by atoms with Gasteiger partial charge in [-0.05, 0) is 62.8 Å². The molecule has 1 aromatic rings. The fourth-order valence-corrected chi connectivity index (χ4v) is 3.91. The Morgan fingerprint density at radius 2 is 2.05 bits per heavy atom. The highest BCUT2D eigenvalue weighted by Gasteiger charge is 2.18. The lowest BCUT2D eigenvalue weighted by Crippen LogP contribution is -2.26. The number of allylic oxidation sites excluding steroid dienone is 1. The van der Waals surface area contributed by atoms with Crippen molar-refractivity contribution in [3.05, 3.63) is 34.9 Å². The maximum Gasteiger partial charge on any atom is 0.240 e.